The number of benzene rings is 4. The third-order valence-electron chi connectivity index (χ3n) is 9.70. The summed E-state index contributed by atoms with van der Waals surface area (Å²) in [6.07, 6.45) is 3.15. The Balaban J connectivity index is 1.20. The van der Waals surface area contributed by atoms with Crippen LogP contribution in [0, 0.1) is 12.8 Å². The van der Waals surface area contributed by atoms with E-state index in [1.54, 1.807) is 0 Å². The molecule has 262 valence electrons. The molecule has 50 heavy (non-hydrogen) atoms. The molecule has 1 aromatic heterocycles. The molecule has 2 amide bonds. The van der Waals surface area contributed by atoms with Gasteiger partial charge in [-0.25, -0.2) is 0 Å². The number of hydrogen-bond donors (Lipinski definition) is 3. The highest BCUT2D eigenvalue weighted by atomic mass is 32.1. The topological polar surface area (TPSA) is 130 Å². The van der Waals surface area contributed by atoms with Gasteiger partial charge in [0.15, 0.2) is 0 Å². The summed E-state index contributed by atoms with van der Waals surface area (Å²) in [6, 6.07) is 27.2. The summed E-state index contributed by atoms with van der Waals surface area (Å²) in [7, 11) is 0. The number of carbonyl (C=O) groups excluding carboxylic acids is 2. The first-order valence-electron chi connectivity index (χ1n) is 17.8. The highest BCUT2D eigenvalue weighted by molar-refractivity contribution is 7.15. The molecule has 4 atom stereocenters. The maximum atomic E-state index is 14.3. The third-order valence-corrected chi connectivity index (χ3v) is 10.5. The van der Waals surface area contributed by atoms with E-state index in [1.165, 1.54) is 11.3 Å². The molecule has 0 saturated carbocycles. The predicted octanol–water partition coefficient (Wildman–Crippen LogP) is 5.94. The molecule has 5 aromatic rings. The zero-order chi connectivity index (χ0) is 35.2. The molecule has 2 heterocycles. The van der Waals surface area contributed by atoms with Crippen LogP contribution < -0.4 is 16.8 Å². The largest absolute Gasteiger partial charge is 0.360 e. The average molecular weight is 692 g/mol. The van der Waals surface area contributed by atoms with Gasteiger partial charge in [0.1, 0.15) is 5.01 Å². The van der Waals surface area contributed by atoms with Gasteiger partial charge in [0.25, 0.3) is 0 Å². The van der Waals surface area contributed by atoms with Crippen LogP contribution in [0.25, 0.3) is 21.5 Å². The van der Waals surface area contributed by atoms with Crippen LogP contribution in [0.3, 0.4) is 0 Å². The van der Waals surface area contributed by atoms with Gasteiger partial charge < -0.3 is 26.6 Å². The van der Waals surface area contributed by atoms with Gasteiger partial charge in [-0.1, -0.05) is 110 Å². The summed E-state index contributed by atoms with van der Waals surface area (Å²) >= 11 is 1.52. The highest BCUT2D eigenvalue weighted by Crippen LogP contribution is 2.27. The van der Waals surface area contributed by atoms with E-state index in [2.05, 4.69) is 90.0 Å². The maximum absolute atomic E-state index is 14.3. The first kappa shape index (κ1) is 35.4. The fourth-order valence-electron chi connectivity index (χ4n) is 7.22. The fraction of sp³-hybridized carbons (Fsp3) is 0.400. The fourth-order valence-corrected chi connectivity index (χ4v) is 7.84. The van der Waals surface area contributed by atoms with Crippen LogP contribution >= 0.6 is 11.3 Å². The standard InChI is InChI=1S/C40H49N7O2S/c1-26(2)19-35-25-46(38(48)36(41)22-28-14-16-30-9-4-6-11-32(30)20-28)34(13-8-18-43-40-45-44-27(3)50-40)24-47(35)39(49)37(42)23-29-15-17-31-10-5-7-12-33(31)21-29/h4-7,9-12,14-17,20-21,26,34-37H,8,13,18-19,22-25,41-42H2,1-3H3,(H,43,45)/t34-,35+,36?,37?/m0/s1. The Morgan fingerprint density at radius 2 is 1.30 bits per heavy atom. The van der Waals surface area contributed by atoms with Crippen molar-refractivity contribution in [3.63, 3.8) is 0 Å². The van der Waals surface area contributed by atoms with E-state index in [0.29, 0.717) is 44.8 Å². The number of aryl methyl sites for hydroxylation is 1. The summed E-state index contributed by atoms with van der Waals surface area (Å²) in [5.74, 6) is 0.187. The van der Waals surface area contributed by atoms with Gasteiger partial charge >= 0.3 is 0 Å². The van der Waals surface area contributed by atoms with Crippen molar-refractivity contribution in [3.05, 3.63) is 101 Å². The van der Waals surface area contributed by atoms with Crippen LogP contribution in [0.2, 0.25) is 0 Å². The van der Waals surface area contributed by atoms with E-state index in [-0.39, 0.29) is 23.9 Å². The van der Waals surface area contributed by atoms with Crippen LogP contribution in [0.1, 0.15) is 49.2 Å². The van der Waals surface area contributed by atoms with Gasteiger partial charge in [0.2, 0.25) is 16.9 Å². The van der Waals surface area contributed by atoms with Gasteiger partial charge in [0, 0.05) is 31.7 Å². The molecule has 5 N–H and O–H groups in total. The average Bonchev–Trinajstić information content (AvgIpc) is 3.53. The number of piperazine rings is 1. The van der Waals surface area contributed by atoms with Crippen LogP contribution in [-0.4, -0.2) is 75.6 Å². The number of fused-ring (bicyclic) bond motifs is 2. The smallest absolute Gasteiger partial charge is 0.240 e. The van der Waals surface area contributed by atoms with Crippen molar-refractivity contribution in [3.8, 4) is 0 Å². The summed E-state index contributed by atoms with van der Waals surface area (Å²) in [5.41, 5.74) is 15.5. The van der Waals surface area contributed by atoms with Gasteiger partial charge in [0.05, 0.1) is 12.1 Å². The zero-order valence-electron chi connectivity index (χ0n) is 29.3. The van der Waals surface area contributed by atoms with Crippen LogP contribution in [-0.2, 0) is 22.4 Å². The van der Waals surface area contributed by atoms with Gasteiger partial charge in [-0.15, -0.1) is 10.2 Å². The minimum Gasteiger partial charge on any atom is -0.360 e. The number of amides is 2. The molecule has 1 aliphatic rings. The minimum absolute atomic E-state index is 0.0659. The second-order valence-corrected chi connectivity index (χ2v) is 15.3. The summed E-state index contributed by atoms with van der Waals surface area (Å²) in [5, 5.41) is 17.9. The molecule has 1 saturated heterocycles. The molecule has 0 radical (unpaired) electrons. The Morgan fingerprint density at radius 1 is 0.780 bits per heavy atom. The first-order chi connectivity index (χ1) is 24.1. The van der Waals surface area contributed by atoms with E-state index < -0.39 is 12.1 Å². The molecule has 10 heteroatoms. The third kappa shape index (κ3) is 8.67. The van der Waals surface area contributed by atoms with E-state index >= 15 is 0 Å². The Labute approximate surface area is 299 Å². The molecule has 2 unspecified atom stereocenters. The lowest BCUT2D eigenvalue weighted by Crippen LogP contribution is -2.65. The van der Waals surface area contributed by atoms with Crippen molar-refractivity contribution < 1.29 is 9.59 Å². The monoisotopic (exact) mass is 691 g/mol. The van der Waals surface area contributed by atoms with E-state index in [0.717, 1.165) is 55.7 Å². The number of aromatic nitrogens is 2. The predicted molar refractivity (Wildman–Crippen MR) is 204 cm³/mol. The Morgan fingerprint density at radius 3 is 1.82 bits per heavy atom. The van der Waals surface area contributed by atoms with Crippen molar-refractivity contribution >= 4 is 49.8 Å². The molecular formula is C40H49N7O2S. The molecule has 1 fully saturated rings. The second kappa shape index (κ2) is 16.1. The van der Waals surface area contributed by atoms with Gasteiger partial charge in [-0.3, -0.25) is 9.59 Å². The van der Waals surface area contributed by atoms with Crippen LogP contribution in [0.15, 0.2) is 84.9 Å². The normalized spacial score (nSPS) is 17.7. The number of carbonyl (C=O) groups is 2. The number of nitrogens with zero attached hydrogens (tertiary/aromatic N) is 4. The Hall–Kier alpha value is -4.38. The van der Waals surface area contributed by atoms with E-state index in [1.807, 2.05) is 41.0 Å². The van der Waals surface area contributed by atoms with Crippen molar-refractivity contribution in [2.45, 2.75) is 77.0 Å². The summed E-state index contributed by atoms with van der Waals surface area (Å²) in [4.78, 5) is 32.4. The quantitative estimate of drug-likeness (QED) is 0.130. The number of anilines is 1. The number of nitrogens with one attached hydrogen (secondary N) is 1. The Kier molecular flexibility index (Phi) is 11.4. The molecule has 4 aromatic carbocycles. The minimum atomic E-state index is -0.696. The summed E-state index contributed by atoms with van der Waals surface area (Å²) in [6.45, 7) is 7.78. The van der Waals surface area contributed by atoms with Crippen molar-refractivity contribution in [1.29, 1.82) is 0 Å². The molecule has 9 nitrogen and oxygen atoms in total. The second-order valence-electron chi connectivity index (χ2n) is 14.1. The van der Waals surface area contributed by atoms with Gasteiger partial charge in [-0.2, -0.15) is 0 Å². The van der Waals surface area contributed by atoms with Crippen molar-refractivity contribution in [2.75, 3.05) is 25.0 Å². The lowest BCUT2D eigenvalue weighted by Gasteiger charge is -2.48. The molecule has 0 spiro atoms. The summed E-state index contributed by atoms with van der Waals surface area (Å²) < 4.78 is 0. The SMILES string of the molecule is Cc1nnc(NCCC[C@H]2CN(C(=O)C(N)Cc3ccc4ccccc4c3)[C@H](CC(C)C)CN2C(=O)C(N)Cc2ccc3ccccc3c2)s1. The zero-order valence-corrected chi connectivity index (χ0v) is 30.1. The number of rotatable bonds is 13. The molecule has 1 aliphatic heterocycles. The van der Waals surface area contributed by atoms with E-state index in [4.69, 9.17) is 11.5 Å². The maximum Gasteiger partial charge on any atom is 0.240 e. The lowest BCUT2D eigenvalue weighted by atomic mass is 9.93. The number of nitrogens with two attached hydrogens (primary N) is 2. The molecule has 0 bridgehead atoms. The first-order valence-corrected chi connectivity index (χ1v) is 18.6. The Bertz CT molecular complexity index is 1930. The van der Waals surface area contributed by atoms with Crippen LogP contribution in [0.4, 0.5) is 5.13 Å². The molecule has 0 aliphatic carbocycles. The highest BCUT2D eigenvalue weighted by Gasteiger charge is 2.41. The van der Waals surface area contributed by atoms with Crippen molar-refractivity contribution in [2.24, 2.45) is 17.4 Å². The van der Waals surface area contributed by atoms with Crippen LogP contribution in [0.5, 0.6) is 0 Å². The number of hydrogen-bond acceptors (Lipinski definition) is 8. The molecule has 6 rings (SSSR count). The van der Waals surface area contributed by atoms with Crippen molar-refractivity contribution in [1.82, 2.24) is 20.0 Å². The molecular weight excluding hydrogens is 643 g/mol. The van der Waals surface area contributed by atoms with E-state index in [9.17, 15) is 9.59 Å². The lowest BCUT2D eigenvalue weighted by molar-refractivity contribution is -0.149. The van der Waals surface area contributed by atoms with Gasteiger partial charge in [-0.05, 0) is 77.6 Å².